The van der Waals surface area contributed by atoms with Crippen molar-refractivity contribution in [3.63, 3.8) is 0 Å². The number of hydrogen-bond donors (Lipinski definition) is 2. The number of anilines is 1. The lowest BCUT2D eigenvalue weighted by molar-refractivity contribution is 0.0955. The lowest BCUT2D eigenvalue weighted by atomic mass is 9.96. The van der Waals surface area contributed by atoms with E-state index in [0.717, 1.165) is 5.82 Å². The first-order valence-corrected chi connectivity index (χ1v) is 7.67. The molecule has 4 nitrogen and oxygen atoms in total. The summed E-state index contributed by atoms with van der Waals surface area (Å²) in [6, 6.07) is 14.1. The summed E-state index contributed by atoms with van der Waals surface area (Å²) in [5.41, 5.74) is 1.81. The number of aromatic nitrogens is 1. The lowest BCUT2D eigenvalue weighted by Gasteiger charge is -2.23. The zero-order valence-electron chi connectivity index (χ0n) is 13.3. The monoisotopic (exact) mass is 297 g/mol. The van der Waals surface area contributed by atoms with Gasteiger partial charge in [-0.15, -0.1) is 0 Å². The van der Waals surface area contributed by atoms with Crippen molar-refractivity contribution < 1.29 is 4.79 Å². The number of hydrogen-bond acceptors (Lipinski definition) is 3. The third-order valence-electron chi connectivity index (χ3n) is 3.49. The number of nitrogens with one attached hydrogen (secondary N) is 2. The molecule has 0 bridgehead atoms. The Hall–Kier alpha value is -2.36. The van der Waals surface area contributed by atoms with Crippen molar-refractivity contribution in [1.29, 1.82) is 0 Å². The summed E-state index contributed by atoms with van der Waals surface area (Å²) in [5.74, 6) is 1.10. The maximum absolute atomic E-state index is 11.7. The number of nitrogens with zero attached hydrogens (tertiary/aromatic N) is 1. The minimum absolute atomic E-state index is 0.0926. The molecule has 2 N–H and O–H groups in total. The van der Waals surface area contributed by atoms with Crippen molar-refractivity contribution in [1.82, 2.24) is 10.3 Å². The highest BCUT2D eigenvalue weighted by atomic mass is 16.1. The van der Waals surface area contributed by atoms with Gasteiger partial charge in [0.15, 0.2) is 0 Å². The van der Waals surface area contributed by atoms with Crippen LogP contribution in [-0.4, -0.2) is 17.4 Å². The summed E-state index contributed by atoms with van der Waals surface area (Å²) in [4.78, 5) is 16.1. The Labute approximate surface area is 132 Å². The fourth-order valence-electron chi connectivity index (χ4n) is 2.33. The second kappa shape index (κ2) is 7.59. The first kappa shape index (κ1) is 16.0. The minimum atomic E-state index is -0.0926. The van der Waals surface area contributed by atoms with Crippen LogP contribution in [0.3, 0.4) is 0 Å². The van der Waals surface area contributed by atoms with Crippen molar-refractivity contribution in [3.05, 3.63) is 59.8 Å². The Bertz CT molecular complexity index is 593. The van der Waals surface area contributed by atoms with Gasteiger partial charge in [0.2, 0.25) is 0 Å². The molecule has 1 atom stereocenters. The van der Waals surface area contributed by atoms with Gasteiger partial charge in [-0.1, -0.05) is 44.2 Å². The molecule has 0 spiro atoms. The van der Waals surface area contributed by atoms with Crippen LogP contribution in [-0.2, 0) is 0 Å². The fraction of sp³-hybridized carbons (Fsp3) is 0.333. The number of carbonyl (C=O) groups is 1. The standard InChI is InChI=1S/C18H23N3O/c1-4-19-18(22)15-10-11-16(20-12-15)21-17(13(2)3)14-8-6-5-7-9-14/h5-13,17H,4H2,1-3H3,(H,19,22)(H,20,21). The molecule has 0 saturated carbocycles. The summed E-state index contributed by atoms with van der Waals surface area (Å²) in [6.07, 6.45) is 1.61. The van der Waals surface area contributed by atoms with Crippen LogP contribution in [0.5, 0.6) is 0 Å². The second-order valence-electron chi connectivity index (χ2n) is 5.57. The van der Waals surface area contributed by atoms with Crippen molar-refractivity contribution in [2.24, 2.45) is 5.92 Å². The van der Waals surface area contributed by atoms with Crippen LogP contribution in [0.2, 0.25) is 0 Å². The van der Waals surface area contributed by atoms with Crippen LogP contribution in [0.25, 0.3) is 0 Å². The van der Waals surface area contributed by atoms with E-state index in [1.807, 2.05) is 31.2 Å². The van der Waals surface area contributed by atoms with Gasteiger partial charge in [-0.2, -0.15) is 0 Å². The highest BCUT2D eigenvalue weighted by Gasteiger charge is 2.16. The maximum atomic E-state index is 11.7. The largest absolute Gasteiger partial charge is 0.363 e. The molecule has 1 aromatic carbocycles. The molecular formula is C18H23N3O. The average Bonchev–Trinajstić information content (AvgIpc) is 2.54. The molecule has 0 aliphatic rings. The third kappa shape index (κ3) is 4.07. The molecule has 0 aliphatic carbocycles. The van der Waals surface area contributed by atoms with Crippen LogP contribution in [0.4, 0.5) is 5.82 Å². The van der Waals surface area contributed by atoms with Gasteiger partial charge in [-0.05, 0) is 30.5 Å². The molecule has 22 heavy (non-hydrogen) atoms. The van der Waals surface area contributed by atoms with E-state index in [1.54, 1.807) is 12.3 Å². The Morgan fingerprint density at radius 2 is 1.86 bits per heavy atom. The van der Waals surface area contributed by atoms with Crippen LogP contribution >= 0.6 is 0 Å². The molecule has 1 unspecified atom stereocenters. The van der Waals surface area contributed by atoms with Gasteiger partial charge in [0, 0.05) is 12.7 Å². The minimum Gasteiger partial charge on any atom is -0.363 e. The van der Waals surface area contributed by atoms with E-state index in [0.29, 0.717) is 18.0 Å². The molecule has 4 heteroatoms. The third-order valence-corrected chi connectivity index (χ3v) is 3.49. The highest BCUT2D eigenvalue weighted by molar-refractivity contribution is 5.93. The molecule has 1 heterocycles. The quantitative estimate of drug-likeness (QED) is 0.856. The van der Waals surface area contributed by atoms with Crippen molar-refractivity contribution in [2.45, 2.75) is 26.8 Å². The Kier molecular flexibility index (Phi) is 5.53. The first-order valence-electron chi connectivity index (χ1n) is 7.67. The summed E-state index contributed by atoms with van der Waals surface area (Å²) < 4.78 is 0. The van der Waals surface area contributed by atoms with Gasteiger partial charge in [-0.3, -0.25) is 4.79 Å². The van der Waals surface area contributed by atoms with Gasteiger partial charge in [0.1, 0.15) is 5.82 Å². The highest BCUT2D eigenvalue weighted by Crippen LogP contribution is 2.25. The molecule has 0 fully saturated rings. The van der Waals surface area contributed by atoms with E-state index in [9.17, 15) is 4.79 Å². The predicted molar refractivity (Wildman–Crippen MR) is 89.9 cm³/mol. The smallest absolute Gasteiger partial charge is 0.252 e. The first-order chi connectivity index (χ1) is 10.6. The SMILES string of the molecule is CCNC(=O)c1ccc(NC(c2ccccc2)C(C)C)nc1. The Morgan fingerprint density at radius 1 is 1.14 bits per heavy atom. The van der Waals surface area contributed by atoms with Gasteiger partial charge in [0.05, 0.1) is 11.6 Å². The summed E-state index contributed by atoms with van der Waals surface area (Å²) in [7, 11) is 0. The zero-order valence-corrected chi connectivity index (χ0v) is 13.3. The Morgan fingerprint density at radius 3 is 2.41 bits per heavy atom. The second-order valence-corrected chi connectivity index (χ2v) is 5.57. The number of rotatable bonds is 6. The van der Waals surface area contributed by atoms with Crippen LogP contribution in [0.15, 0.2) is 48.7 Å². The summed E-state index contributed by atoms with van der Waals surface area (Å²) in [6.45, 7) is 6.86. The van der Waals surface area contributed by atoms with Crippen LogP contribution < -0.4 is 10.6 Å². The van der Waals surface area contributed by atoms with Crippen molar-refractivity contribution >= 4 is 11.7 Å². The number of amides is 1. The predicted octanol–water partition coefficient (Wildman–Crippen LogP) is 3.64. The lowest BCUT2D eigenvalue weighted by Crippen LogP contribution is -2.23. The number of benzene rings is 1. The van der Waals surface area contributed by atoms with Gasteiger partial charge in [-0.25, -0.2) is 4.98 Å². The molecule has 2 aromatic rings. The van der Waals surface area contributed by atoms with Crippen LogP contribution in [0.1, 0.15) is 42.7 Å². The van der Waals surface area contributed by atoms with Gasteiger partial charge >= 0.3 is 0 Å². The van der Waals surface area contributed by atoms with E-state index in [2.05, 4.69) is 41.6 Å². The van der Waals surface area contributed by atoms with Crippen LogP contribution in [0, 0.1) is 5.92 Å². The molecule has 0 aliphatic heterocycles. The molecule has 116 valence electrons. The molecular weight excluding hydrogens is 274 g/mol. The van der Waals surface area contributed by atoms with E-state index in [4.69, 9.17) is 0 Å². The topological polar surface area (TPSA) is 54.0 Å². The zero-order chi connectivity index (χ0) is 15.9. The van der Waals surface area contributed by atoms with Crippen molar-refractivity contribution in [3.8, 4) is 0 Å². The number of carbonyl (C=O) groups excluding carboxylic acids is 1. The Balaban J connectivity index is 2.12. The molecule has 0 saturated heterocycles. The summed E-state index contributed by atoms with van der Waals surface area (Å²) >= 11 is 0. The molecule has 2 rings (SSSR count). The van der Waals surface area contributed by atoms with Gasteiger partial charge in [0.25, 0.3) is 5.91 Å². The van der Waals surface area contributed by atoms with Crippen molar-refractivity contribution in [2.75, 3.05) is 11.9 Å². The fourth-order valence-corrected chi connectivity index (χ4v) is 2.33. The van der Waals surface area contributed by atoms with E-state index >= 15 is 0 Å². The van der Waals surface area contributed by atoms with E-state index in [1.165, 1.54) is 5.56 Å². The maximum Gasteiger partial charge on any atom is 0.252 e. The molecule has 1 aromatic heterocycles. The van der Waals surface area contributed by atoms with E-state index < -0.39 is 0 Å². The van der Waals surface area contributed by atoms with Gasteiger partial charge < -0.3 is 10.6 Å². The summed E-state index contributed by atoms with van der Waals surface area (Å²) in [5, 5.41) is 6.22. The molecule has 0 radical (unpaired) electrons. The molecule has 1 amide bonds. The normalized spacial score (nSPS) is 12.0. The number of pyridine rings is 1. The van der Waals surface area contributed by atoms with E-state index in [-0.39, 0.29) is 11.9 Å². The average molecular weight is 297 g/mol.